The number of nitrogens with zero attached hydrogens (tertiary/aromatic N) is 4. The first-order valence-electron chi connectivity index (χ1n) is 8.63. The molecule has 1 saturated heterocycles. The van der Waals surface area contributed by atoms with Gasteiger partial charge < -0.3 is 9.64 Å². The third kappa shape index (κ3) is 3.44. The van der Waals surface area contributed by atoms with E-state index >= 15 is 0 Å². The number of imidazole rings is 1. The zero-order chi connectivity index (χ0) is 16.2. The van der Waals surface area contributed by atoms with Gasteiger partial charge in [0.2, 0.25) is 5.88 Å². The normalized spacial score (nSPS) is 15.8. The summed E-state index contributed by atoms with van der Waals surface area (Å²) in [6, 6.07) is 5.95. The smallest absolute Gasteiger partial charge is 0.231 e. The Morgan fingerprint density at radius 2 is 2.04 bits per heavy atom. The van der Waals surface area contributed by atoms with E-state index < -0.39 is 0 Å². The number of thiophene rings is 1. The van der Waals surface area contributed by atoms with Crippen molar-refractivity contribution in [2.75, 3.05) is 26.2 Å². The van der Waals surface area contributed by atoms with E-state index in [9.17, 15) is 0 Å². The molecule has 0 N–H and O–H groups in total. The molecule has 0 aromatic carbocycles. The van der Waals surface area contributed by atoms with Crippen LogP contribution in [0.1, 0.15) is 25.7 Å². The minimum Gasteiger partial charge on any atom is -0.477 e. The molecule has 0 unspecified atom stereocenters. The number of rotatable bonds is 6. The summed E-state index contributed by atoms with van der Waals surface area (Å²) >= 11 is 1.68. The molecule has 4 rings (SSSR count). The fraction of sp³-hybridized carbons (Fsp3) is 0.444. The monoisotopic (exact) mass is 342 g/mol. The Hall–Kier alpha value is -1.92. The number of aromatic nitrogens is 3. The maximum atomic E-state index is 5.86. The van der Waals surface area contributed by atoms with Crippen LogP contribution < -0.4 is 4.74 Å². The van der Waals surface area contributed by atoms with Crippen LogP contribution in [0.2, 0.25) is 0 Å². The Balaban J connectivity index is 1.38. The predicted molar refractivity (Wildman–Crippen MR) is 96.7 cm³/mol. The van der Waals surface area contributed by atoms with Crippen LogP contribution in [0.3, 0.4) is 0 Å². The van der Waals surface area contributed by atoms with E-state index in [1.165, 1.54) is 32.4 Å². The van der Waals surface area contributed by atoms with Gasteiger partial charge in [0.1, 0.15) is 0 Å². The van der Waals surface area contributed by atoms with Gasteiger partial charge in [-0.05, 0) is 49.9 Å². The van der Waals surface area contributed by atoms with Gasteiger partial charge in [-0.3, -0.25) is 0 Å². The summed E-state index contributed by atoms with van der Waals surface area (Å²) in [5.41, 5.74) is 2.99. The van der Waals surface area contributed by atoms with Gasteiger partial charge in [-0.25, -0.2) is 9.50 Å². The van der Waals surface area contributed by atoms with Crippen LogP contribution >= 0.6 is 11.3 Å². The van der Waals surface area contributed by atoms with Crippen LogP contribution in [0.4, 0.5) is 0 Å². The van der Waals surface area contributed by atoms with Gasteiger partial charge in [-0.2, -0.15) is 11.3 Å². The van der Waals surface area contributed by atoms with Crippen molar-refractivity contribution in [1.82, 2.24) is 19.5 Å². The van der Waals surface area contributed by atoms with E-state index in [2.05, 4.69) is 31.8 Å². The SMILES string of the molecule is c1cc(-c2cnc3ccc(OCCCN4CCCCC4)nn23)cs1. The second kappa shape index (κ2) is 7.32. The quantitative estimate of drug-likeness (QED) is 0.641. The molecule has 6 heteroatoms. The zero-order valence-electron chi connectivity index (χ0n) is 13.7. The second-order valence-electron chi connectivity index (χ2n) is 6.20. The number of likely N-dealkylation sites (tertiary alicyclic amines) is 1. The molecular formula is C18H22N4OS. The first-order chi connectivity index (χ1) is 11.9. The third-order valence-corrected chi connectivity index (χ3v) is 5.16. The summed E-state index contributed by atoms with van der Waals surface area (Å²) in [7, 11) is 0. The Kier molecular flexibility index (Phi) is 4.76. The van der Waals surface area contributed by atoms with Crippen molar-refractivity contribution < 1.29 is 4.74 Å². The lowest BCUT2D eigenvalue weighted by atomic mass is 10.1. The number of hydrogen-bond donors (Lipinski definition) is 0. The van der Waals surface area contributed by atoms with Crippen molar-refractivity contribution in [3.8, 4) is 17.1 Å². The van der Waals surface area contributed by atoms with Crippen molar-refractivity contribution in [2.45, 2.75) is 25.7 Å². The van der Waals surface area contributed by atoms with Gasteiger partial charge in [-0.15, -0.1) is 5.10 Å². The van der Waals surface area contributed by atoms with Crippen molar-refractivity contribution in [1.29, 1.82) is 0 Å². The molecule has 126 valence electrons. The maximum Gasteiger partial charge on any atom is 0.231 e. The molecule has 3 aromatic heterocycles. The lowest BCUT2D eigenvalue weighted by molar-refractivity contribution is 0.202. The highest BCUT2D eigenvalue weighted by Crippen LogP contribution is 2.23. The molecule has 1 fully saturated rings. The van der Waals surface area contributed by atoms with E-state index in [-0.39, 0.29) is 0 Å². The van der Waals surface area contributed by atoms with Gasteiger partial charge in [0.15, 0.2) is 5.65 Å². The lowest BCUT2D eigenvalue weighted by Gasteiger charge is -2.26. The molecule has 0 atom stereocenters. The van der Waals surface area contributed by atoms with Gasteiger partial charge in [-0.1, -0.05) is 6.42 Å². The number of piperidine rings is 1. The molecular weight excluding hydrogens is 320 g/mol. The van der Waals surface area contributed by atoms with E-state index in [1.54, 1.807) is 11.3 Å². The number of ether oxygens (including phenoxy) is 1. The molecule has 5 nitrogen and oxygen atoms in total. The van der Waals surface area contributed by atoms with Crippen LogP contribution in [0, 0.1) is 0 Å². The molecule has 0 radical (unpaired) electrons. The Labute approximate surface area is 145 Å². The zero-order valence-corrected chi connectivity index (χ0v) is 14.5. The standard InChI is InChI=1S/C18H22N4OS/c1-2-8-21(9-3-1)10-4-11-23-18-6-5-17-19-13-16(22(17)20-18)15-7-12-24-14-15/h5-7,12-14H,1-4,8-11H2. The van der Waals surface area contributed by atoms with Gasteiger partial charge in [0.25, 0.3) is 0 Å². The number of hydrogen-bond acceptors (Lipinski definition) is 5. The Morgan fingerprint density at radius 1 is 1.12 bits per heavy atom. The minimum absolute atomic E-state index is 0.663. The van der Waals surface area contributed by atoms with Crippen LogP contribution in [0.15, 0.2) is 35.2 Å². The average Bonchev–Trinajstić information content (AvgIpc) is 3.28. The van der Waals surface area contributed by atoms with Gasteiger partial charge in [0, 0.05) is 23.6 Å². The summed E-state index contributed by atoms with van der Waals surface area (Å²) in [5.74, 6) is 0.663. The summed E-state index contributed by atoms with van der Waals surface area (Å²) in [6.07, 6.45) is 6.97. The molecule has 3 aromatic rings. The van der Waals surface area contributed by atoms with Crippen molar-refractivity contribution in [3.63, 3.8) is 0 Å². The first-order valence-corrected chi connectivity index (χ1v) is 9.57. The summed E-state index contributed by atoms with van der Waals surface area (Å²) in [4.78, 5) is 6.95. The van der Waals surface area contributed by atoms with E-state index in [0.29, 0.717) is 12.5 Å². The average molecular weight is 342 g/mol. The van der Waals surface area contributed by atoms with Crippen LogP contribution in [0.5, 0.6) is 5.88 Å². The highest BCUT2D eigenvalue weighted by molar-refractivity contribution is 7.08. The van der Waals surface area contributed by atoms with Crippen LogP contribution in [-0.4, -0.2) is 45.7 Å². The maximum absolute atomic E-state index is 5.86. The highest BCUT2D eigenvalue weighted by Gasteiger charge is 2.10. The van der Waals surface area contributed by atoms with E-state index in [1.807, 2.05) is 22.8 Å². The Bertz CT molecular complexity index is 778. The summed E-state index contributed by atoms with van der Waals surface area (Å²) in [5, 5.41) is 8.77. The van der Waals surface area contributed by atoms with Crippen LogP contribution in [-0.2, 0) is 0 Å². The summed E-state index contributed by atoms with van der Waals surface area (Å²) < 4.78 is 7.73. The minimum atomic E-state index is 0.663. The molecule has 1 aliphatic heterocycles. The fourth-order valence-corrected chi connectivity index (χ4v) is 3.84. The molecule has 0 saturated carbocycles. The molecule has 0 bridgehead atoms. The second-order valence-corrected chi connectivity index (χ2v) is 6.98. The van der Waals surface area contributed by atoms with E-state index in [4.69, 9.17) is 4.74 Å². The molecule has 0 spiro atoms. The predicted octanol–water partition coefficient (Wildman–Crippen LogP) is 3.71. The number of fused-ring (bicyclic) bond motifs is 1. The lowest BCUT2D eigenvalue weighted by Crippen LogP contribution is -2.31. The van der Waals surface area contributed by atoms with Gasteiger partial charge in [0.05, 0.1) is 18.5 Å². The van der Waals surface area contributed by atoms with Crippen molar-refractivity contribution in [3.05, 3.63) is 35.2 Å². The van der Waals surface area contributed by atoms with E-state index in [0.717, 1.165) is 29.9 Å². The first kappa shape index (κ1) is 15.6. The molecule has 1 aliphatic rings. The Morgan fingerprint density at radius 3 is 2.88 bits per heavy atom. The largest absolute Gasteiger partial charge is 0.477 e. The topological polar surface area (TPSA) is 42.7 Å². The van der Waals surface area contributed by atoms with Crippen LogP contribution in [0.25, 0.3) is 16.9 Å². The fourth-order valence-electron chi connectivity index (χ4n) is 3.19. The van der Waals surface area contributed by atoms with Crippen molar-refractivity contribution in [2.24, 2.45) is 0 Å². The third-order valence-electron chi connectivity index (χ3n) is 4.47. The van der Waals surface area contributed by atoms with Gasteiger partial charge >= 0.3 is 0 Å². The highest BCUT2D eigenvalue weighted by atomic mass is 32.1. The molecule has 0 aliphatic carbocycles. The molecule has 4 heterocycles. The molecule has 0 amide bonds. The summed E-state index contributed by atoms with van der Waals surface area (Å²) in [6.45, 7) is 4.30. The molecule has 24 heavy (non-hydrogen) atoms. The van der Waals surface area contributed by atoms with Crippen molar-refractivity contribution >= 4 is 17.0 Å².